The molecule has 1 aromatic carbocycles. The molecule has 2 unspecified atom stereocenters. The second-order valence-corrected chi connectivity index (χ2v) is 6.59. The maximum atomic E-state index is 13.8. The van der Waals surface area contributed by atoms with Gasteiger partial charge in [0.25, 0.3) is 0 Å². The third-order valence-electron chi connectivity index (χ3n) is 3.98. The lowest BCUT2D eigenvalue weighted by Crippen LogP contribution is -2.42. The van der Waals surface area contributed by atoms with Gasteiger partial charge in [0.15, 0.2) is 0 Å². The summed E-state index contributed by atoms with van der Waals surface area (Å²) < 4.78 is 46.5. The minimum absolute atomic E-state index is 0.0390. The zero-order chi connectivity index (χ0) is 17.3. The van der Waals surface area contributed by atoms with Gasteiger partial charge in [-0.3, -0.25) is 0 Å². The molecule has 0 aliphatic heterocycles. The normalized spacial score (nSPS) is 16.0. The topological polar surface area (TPSA) is 29.5 Å². The van der Waals surface area contributed by atoms with E-state index < -0.39 is 24.1 Å². The van der Waals surface area contributed by atoms with Crippen molar-refractivity contribution in [3.8, 4) is 16.9 Å². The monoisotopic (exact) mass is 344 g/mol. The molecule has 1 aromatic heterocycles. The fourth-order valence-electron chi connectivity index (χ4n) is 2.72. The van der Waals surface area contributed by atoms with Crippen LogP contribution in [0.25, 0.3) is 11.1 Å². The van der Waals surface area contributed by atoms with Gasteiger partial charge in [-0.1, -0.05) is 6.07 Å². The Morgan fingerprint density at radius 3 is 2.39 bits per heavy atom. The molecule has 2 atom stereocenters. The molecule has 0 spiro atoms. The Balaban J connectivity index is 2.63. The molecule has 0 aliphatic carbocycles. The first-order valence-electron chi connectivity index (χ1n) is 7.15. The number of halogens is 3. The molecule has 0 aliphatic rings. The van der Waals surface area contributed by atoms with E-state index in [9.17, 15) is 18.3 Å². The second-order valence-electron chi connectivity index (χ2n) is 5.81. The largest absolute Gasteiger partial charge is 0.496 e. The van der Waals surface area contributed by atoms with Gasteiger partial charge in [-0.25, -0.2) is 0 Å². The number of hydrogen-bond acceptors (Lipinski definition) is 3. The Morgan fingerprint density at radius 2 is 1.91 bits per heavy atom. The summed E-state index contributed by atoms with van der Waals surface area (Å²) in [6.45, 7) is 2.47. The fourth-order valence-corrected chi connectivity index (χ4v) is 3.38. The Kier molecular flexibility index (Phi) is 5.06. The molecule has 0 bridgehead atoms. The molecule has 0 amide bonds. The van der Waals surface area contributed by atoms with E-state index in [4.69, 9.17) is 4.74 Å². The van der Waals surface area contributed by atoms with Gasteiger partial charge in [0.05, 0.1) is 18.6 Å². The van der Waals surface area contributed by atoms with Crippen molar-refractivity contribution in [2.45, 2.75) is 38.0 Å². The van der Waals surface area contributed by atoms with Gasteiger partial charge in [0.2, 0.25) is 0 Å². The molecule has 1 heterocycles. The highest BCUT2D eigenvalue weighted by Crippen LogP contribution is 2.48. The smallest absolute Gasteiger partial charge is 0.398 e. The van der Waals surface area contributed by atoms with Crippen molar-refractivity contribution in [2.24, 2.45) is 0 Å². The number of methoxy groups -OCH3 is 1. The van der Waals surface area contributed by atoms with Crippen LogP contribution in [0.1, 0.15) is 25.8 Å². The van der Waals surface area contributed by atoms with E-state index in [0.29, 0.717) is 5.56 Å². The predicted molar refractivity (Wildman–Crippen MR) is 86.0 cm³/mol. The Morgan fingerprint density at radius 1 is 1.22 bits per heavy atom. The van der Waals surface area contributed by atoms with Crippen molar-refractivity contribution < 1.29 is 23.0 Å². The fraction of sp³-hybridized carbons (Fsp3) is 0.412. The summed E-state index contributed by atoms with van der Waals surface area (Å²) in [5, 5.41) is 13.3. The van der Waals surface area contributed by atoms with Crippen molar-refractivity contribution >= 4 is 11.3 Å². The first-order valence-corrected chi connectivity index (χ1v) is 8.09. The summed E-state index contributed by atoms with van der Waals surface area (Å²) in [5.41, 5.74) is -0.598. The SMILES string of the molecule is COc1ccc(-c2ccsc2)cc1C(C)(CC(C)O)C(F)(F)F. The molecule has 126 valence electrons. The summed E-state index contributed by atoms with van der Waals surface area (Å²) in [6, 6.07) is 6.66. The lowest BCUT2D eigenvalue weighted by Gasteiger charge is -2.35. The van der Waals surface area contributed by atoms with E-state index in [1.165, 1.54) is 31.4 Å². The highest BCUT2D eigenvalue weighted by molar-refractivity contribution is 7.08. The average Bonchev–Trinajstić information content (AvgIpc) is 2.98. The lowest BCUT2D eigenvalue weighted by atomic mass is 9.76. The zero-order valence-electron chi connectivity index (χ0n) is 13.1. The van der Waals surface area contributed by atoms with Gasteiger partial charge in [0.1, 0.15) is 5.75 Å². The van der Waals surface area contributed by atoms with Gasteiger partial charge in [0, 0.05) is 5.56 Å². The number of benzene rings is 1. The highest BCUT2D eigenvalue weighted by atomic mass is 32.1. The summed E-state index contributed by atoms with van der Waals surface area (Å²) >= 11 is 1.48. The average molecular weight is 344 g/mol. The Bertz CT molecular complexity index is 650. The molecule has 0 saturated heterocycles. The lowest BCUT2D eigenvalue weighted by molar-refractivity contribution is -0.193. The van der Waals surface area contributed by atoms with E-state index in [-0.39, 0.29) is 11.3 Å². The number of aliphatic hydroxyl groups is 1. The zero-order valence-corrected chi connectivity index (χ0v) is 14.0. The molecule has 23 heavy (non-hydrogen) atoms. The summed E-state index contributed by atoms with van der Waals surface area (Å²) in [5.74, 6) is 0.171. The van der Waals surface area contributed by atoms with Crippen molar-refractivity contribution in [1.29, 1.82) is 0 Å². The minimum Gasteiger partial charge on any atom is -0.496 e. The predicted octanol–water partition coefficient (Wildman–Crippen LogP) is 5.01. The van der Waals surface area contributed by atoms with Crippen LogP contribution in [0.15, 0.2) is 35.0 Å². The molecular weight excluding hydrogens is 325 g/mol. The number of rotatable bonds is 5. The van der Waals surface area contributed by atoms with Crippen LogP contribution in [-0.2, 0) is 5.41 Å². The van der Waals surface area contributed by atoms with Crippen LogP contribution in [0.5, 0.6) is 5.75 Å². The molecule has 0 saturated carbocycles. The number of aliphatic hydroxyl groups excluding tert-OH is 1. The van der Waals surface area contributed by atoms with Crippen molar-refractivity contribution in [3.63, 3.8) is 0 Å². The van der Waals surface area contributed by atoms with Crippen LogP contribution >= 0.6 is 11.3 Å². The van der Waals surface area contributed by atoms with Gasteiger partial charge in [-0.05, 0) is 60.4 Å². The van der Waals surface area contributed by atoms with E-state index in [0.717, 1.165) is 12.5 Å². The molecule has 6 heteroatoms. The quantitative estimate of drug-likeness (QED) is 0.826. The van der Waals surface area contributed by atoms with Gasteiger partial charge in [-0.2, -0.15) is 24.5 Å². The third-order valence-corrected chi connectivity index (χ3v) is 4.66. The summed E-state index contributed by atoms with van der Waals surface area (Å²) in [6.07, 6.45) is -6.03. The molecule has 0 fully saturated rings. The van der Waals surface area contributed by atoms with Crippen LogP contribution < -0.4 is 4.74 Å². The van der Waals surface area contributed by atoms with Crippen molar-refractivity contribution in [3.05, 3.63) is 40.6 Å². The maximum absolute atomic E-state index is 13.8. The second kappa shape index (κ2) is 6.53. The molecule has 0 radical (unpaired) electrons. The Labute approximate surface area is 137 Å². The molecular formula is C17H19F3O2S. The van der Waals surface area contributed by atoms with Crippen LogP contribution in [0.2, 0.25) is 0 Å². The van der Waals surface area contributed by atoms with Crippen LogP contribution in [-0.4, -0.2) is 24.5 Å². The maximum Gasteiger partial charge on any atom is 0.398 e. The number of ether oxygens (including phenoxy) is 1. The number of thiophene rings is 1. The summed E-state index contributed by atoms with van der Waals surface area (Å²) in [4.78, 5) is 0. The van der Waals surface area contributed by atoms with E-state index in [1.807, 2.05) is 16.8 Å². The first-order chi connectivity index (χ1) is 10.7. The van der Waals surface area contributed by atoms with E-state index in [2.05, 4.69) is 0 Å². The van der Waals surface area contributed by atoms with Crippen LogP contribution in [0.3, 0.4) is 0 Å². The van der Waals surface area contributed by atoms with Gasteiger partial charge >= 0.3 is 6.18 Å². The molecule has 2 rings (SSSR count). The number of hydrogen-bond donors (Lipinski definition) is 1. The minimum atomic E-state index is -4.51. The van der Waals surface area contributed by atoms with Crippen molar-refractivity contribution in [2.75, 3.05) is 7.11 Å². The van der Waals surface area contributed by atoms with Crippen LogP contribution in [0, 0.1) is 0 Å². The number of alkyl halides is 3. The third kappa shape index (κ3) is 3.53. The van der Waals surface area contributed by atoms with E-state index in [1.54, 1.807) is 12.1 Å². The standard InChI is InChI=1S/C17H19F3O2S/c1-11(21)9-16(2,17(18,19)20)14-8-12(4-5-15(14)22-3)13-6-7-23-10-13/h4-8,10-11,21H,9H2,1-3H3. The van der Waals surface area contributed by atoms with Gasteiger partial charge < -0.3 is 9.84 Å². The van der Waals surface area contributed by atoms with Crippen molar-refractivity contribution in [1.82, 2.24) is 0 Å². The first kappa shape index (κ1) is 17.8. The molecule has 1 N–H and O–H groups in total. The van der Waals surface area contributed by atoms with E-state index >= 15 is 0 Å². The highest BCUT2D eigenvalue weighted by Gasteiger charge is 2.54. The molecule has 2 aromatic rings. The van der Waals surface area contributed by atoms with Crippen LogP contribution in [0.4, 0.5) is 13.2 Å². The summed E-state index contributed by atoms with van der Waals surface area (Å²) in [7, 11) is 1.35. The van der Waals surface area contributed by atoms with Gasteiger partial charge in [-0.15, -0.1) is 0 Å². The molecule has 2 nitrogen and oxygen atoms in total. The Hall–Kier alpha value is -1.53.